The smallest absolute Gasteiger partial charge is 0.248 e. The molecule has 7 heterocycles. The zero-order valence-electron chi connectivity index (χ0n) is 22.0. The molecule has 2 bridgehead atoms. The van der Waals surface area contributed by atoms with Gasteiger partial charge in [-0.25, -0.2) is 4.98 Å². The third-order valence-corrected chi connectivity index (χ3v) is 8.97. The Hall–Kier alpha value is -3.61. The fourth-order valence-electron chi connectivity index (χ4n) is 7.14. The number of piperidine rings is 1. The van der Waals surface area contributed by atoms with Crippen molar-refractivity contribution in [1.82, 2.24) is 20.2 Å². The summed E-state index contributed by atoms with van der Waals surface area (Å²) in [5.74, 6) is 1.10. The van der Waals surface area contributed by atoms with Gasteiger partial charge in [-0.15, -0.1) is 0 Å². The van der Waals surface area contributed by atoms with Gasteiger partial charge in [0.25, 0.3) is 0 Å². The lowest BCUT2D eigenvalue weighted by atomic mass is 9.91. The molecule has 0 saturated carbocycles. The van der Waals surface area contributed by atoms with Crippen LogP contribution in [-0.4, -0.2) is 84.8 Å². The topological polar surface area (TPSA) is 94.5 Å². The van der Waals surface area contributed by atoms with Gasteiger partial charge in [-0.05, 0) is 50.1 Å². The van der Waals surface area contributed by atoms with E-state index in [0.29, 0.717) is 35.2 Å². The van der Waals surface area contributed by atoms with Crippen molar-refractivity contribution in [3.63, 3.8) is 0 Å². The molecular weight excluding hydrogens is 476 g/mol. The molecule has 5 aliphatic rings. The van der Waals surface area contributed by atoms with Crippen molar-refractivity contribution in [2.75, 3.05) is 60.5 Å². The number of pyridine rings is 2. The van der Waals surface area contributed by atoms with E-state index in [1.807, 2.05) is 18.2 Å². The standard InChI is InChI=1S/C29H34N8O/c1-18-9-23(35-14-21-10-22(15-35)32-21)12-31-29(18)34-7-8-37-19(2)13-36(17-24(37)16-34)26-5-3-20(11-30)28-25(26)4-6-27(38)33-28/h3-6,9,12,19,21-22,24,32H,7-8,10,13-17H2,1-2H3,(H,33,38)/t19-,21?,22?,24?/m0/s1. The van der Waals surface area contributed by atoms with E-state index in [2.05, 4.69) is 62.1 Å². The summed E-state index contributed by atoms with van der Waals surface area (Å²) < 4.78 is 0. The zero-order chi connectivity index (χ0) is 26.0. The number of nitrogens with zero attached hydrogens (tertiary/aromatic N) is 6. The van der Waals surface area contributed by atoms with E-state index >= 15 is 0 Å². The minimum atomic E-state index is -0.185. The summed E-state index contributed by atoms with van der Waals surface area (Å²) in [6, 6.07) is 13.8. The highest BCUT2D eigenvalue weighted by Crippen LogP contribution is 2.33. The molecule has 0 radical (unpaired) electrons. The number of H-pyrrole nitrogens is 1. The average molecular weight is 511 g/mol. The number of aromatic amines is 1. The number of nitriles is 1. The van der Waals surface area contributed by atoms with Gasteiger partial charge in [0, 0.05) is 87.1 Å². The highest BCUT2D eigenvalue weighted by Gasteiger charge is 2.38. The first-order valence-corrected chi connectivity index (χ1v) is 13.8. The van der Waals surface area contributed by atoms with E-state index in [0.717, 1.165) is 62.7 Å². The zero-order valence-corrected chi connectivity index (χ0v) is 22.0. The summed E-state index contributed by atoms with van der Waals surface area (Å²) in [5, 5.41) is 14.1. The van der Waals surface area contributed by atoms with Gasteiger partial charge in [-0.1, -0.05) is 0 Å². The molecule has 9 nitrogen and oxygen atoms in total. The number of hydrogen-bond acceptors (Lipinski definition) is 8. The van der Waals surface area contributed by atoms with Gasteiger partial charge in [0.2, 0.25) is 5.56 Å². The number of hydrogen-bond donors (Lipinski definition) is 2. The first-order valence-electron chi connectivity index (χ1n) is 13.8. The number of nitrogens with one attached hydrogen (secondary N) is 2. The van der Waals surface area contributed by atoms with Crippen LogP contribution in [0.2, 0.25) is 0 Å². The monoisotopic (exact) mass is 510 g/mol. The second-order valence-corrected chi connectivity index (χ2v) is 11.5. The fourth-order valence-corrected chi connectivity index (χ4v) is 7.14. The van der Waals surface area contributed by atoms with Crippen LogP contribution >= 0.6 is 0 Å². The predicted molar refractivity (Wildman–Crippen MR) is 150 cm³/mol. The molecule has 0 spiro atoms. The van der Waals surface area contributed by atoms with Crippen LogP contribution in [-0.2, 0) is 0 Å². The Morgan fingerprint density at radius 3 is 2.55 bits per heavy atom. The van der Waals surface area contributed by atoms with E-state index in [9.17, 15) is 10.1 Å². The lowest BCUT2D eigenvalue weighted by molar-refractivity contribution is 0.108. The summed E-state index contributed by atoms with van der Waals surface area (Å²) in [6.45, 7) is 11.4. The van der Waals surface area contributed by atoms with E-state index in [1.165, 1.54) is 17.7 Å². The van der Waals surface area contributed by atoms with Crippen molar-refractivity contribution in [1.29, 1.82) is 5.26 Å². The first-order chi connectivity index (χ1) is 18.5. The highest BCUT2D eigenvalue weighted by atomic mass is 16.1. The minimum absolute atomic E-state index is 0.185. The summed E-state index contributed by atoms with van der Waals surface area (Å²) in [5.41, 5.74) is 4.50. The Bertz CT molecular complexity index is 1480. The number of anilines is 3. The minimum Gasteiger partial charge on any atom is -0.368 e. The summed E-state index contributed by atoms with van der Waals surface area (Å²) in [7, 11) is 0. The molecule has 3 unspecified atom stereocenters. The molecule has 9 heteroatoms. The predicted octanol–water partition coefficient (Wildman–Crippen LogP) is 2.05. The largest absolute Gasteiger partial charge is 0.368 e. The maximum Gasteiger partial charge on any atom is 0.248 e. The number of aryl methyl sites for hydroxylation is 1. The molecule has 8 rings (SSSR count). The molecule has 38 heavy (non-hydrogen) atoms. The normalized spacial score (nSPS) is 27.1. The SMILES string of the molecule is Cc1cc(N2CC3CC(C2)N3)cnc1N1CCN2C(C1)CN(c1ccc(C#N)c3[nH]c(=O)ccc13)C[C@@H]2C. The third-order valence-electron chi connectivity index (χ3n) is 8.97. The van der Waals surface area contributed by atoms with E-state index < -0.39 is 0 Å². The van der Waals surface area contributed by atoms with Crippen LogP contribution in [0.5, 0.6) is 0 Å². The van der Waals surface area contributed by atoms with Crippen LogP contribution in [0.1, 0.15) is 24.5 Å². The number of rotatable bonds is 3. The first kappa shape index (κ1) is 23.5. The summed E-state index contributed by atoms with van der Waals surface area (Å²) in [6.07, 6.45) is 3.37. The molecule has 196 valence electrons. The van der Waals surface area contributed by atoms with E-state index in [4.69, 9.17) is 4.98 Å². The Balaban J connectivity index is 1.13. The maximum atomic E-state index is 12.0. The fraction of sp³-hybridized carbons (Fsp3) is 0.483. The molecule has 0 aliphatic carbocycles. The van der Waals surface area contributed by atoms with Crippen LogP contribution < -0.4 is 25.6 Å². The maximum absolute atomic E-state index is 12.0. The summed E-state index contributed by atoms with van der Waals surface area (Å²) in [4.78, 5) is 29.9. The Morgan fingerprint density at radius 2 is 1.79 bits per heavy atom. The molecule has 4 atom stereocenters. The lowest BCUT2D eigenvalue weighted by Crippen LogP contribution is -2.67. The van der Waals surface area contributed by atoms with Crippen molar-refractivity contribution in [3.8, 4) is 6.07 Å². The van der Waals surface area contributed by atoms with Crippen LogP contribution in [0.4, 0.5) is 17.2 Å². The van der Waals surface area contributed by atoms with Crippen molar-refractivity contribution in [2.24, 2.45) is 0 Å². The van der Waals surface area contributed by atoms with E-state index in [1.54, 1.807) is 6.07 Å². The van der Waals surface area contributed by atoms with Crippen LogP contribution in [0.15, 0.2) is 41.3 Å². The Kier molecular flexibility index (Phi) is 5.57. The second-order valence-electron chi connectivity index (χ2n) is 11.5. The van der Waals surface area contributed by atoms with Gasteiger partial charge in [0.05, 0.1) is 23.0 Å². The molecule has 5 saturated heterocycles. The average Bonchev–Trinajstić information content (AvgIpc) is 2.91. The lowest BCUT2D eigenvalue weighted by Gasteiger charge is -2.51. The number of piperazine rings is 3. The van der Waals surface area contributed by atoms with Crippen molar-refractivity contribution in [2.45, 2.75) is 44.4 Å². The highest BCUT2D eigenvalue weighted by molar-refractivity contribution is 5.95. The Labute approximate surface area is 222 Å². The van der Waals surface area contributed by atoms with Gasteiger partial charge in [-0.2, -0.15) is 5.26 Å². The number of fused-ring (bicyclic) bond motifs is 4. The number of benzene rings is 1. The van der Waals surface area contributed by atoms with Crippen LogP contribution in [0.25, 0.3) is 10.9 Å². The second kappa shape index (κ2) is 9.00. The van der Waals surface area contributed by atoms with Crippen LogP contribution in [0, 0.1) is 18.3 Å². The van der Waals surface area contributed by atoms with E-state index in [-0.39, 0.29) is 5.56 Å². The molecule has 1 aromatic carbocycles. The molecule has 0 amide bonds. The van der Waals surface area contributed by atoms with Gasteiger partial charge in [-0.3, -0.25) is 9.69 Å². The third kappa shape index (κ3) is 3.91. The molecule has 2 aromatic heterocycles. The van der Waals surface area contributed by atoms with Gasteiger partial charge < -0.3 is 25.0 Å². The number of aromatic nitrogens is 2. The van der Waals surface area contributed by atoms with Gasteiger partial charge >= 0.3 is 0 Å². The molecule has 3 aromatic rings. The van der Waals surface area contributed by atoms with Crippen molar-refractivity contribution < 1.29 is 0 Å². The van der Waals surface area contributed by atoms with Crippen molar-refractivity contribution in [3.05, 3.63) is 58.0 Å². The molecule has 5 aliphatic heterocycles. The van der Waals surface area contributed by atoms with Crippen LogP contribution in [0.3, 0.4) is 0 Å². The Morgan fingerprint density at radius 1 is 1.00 bits per heavy atom. The molecular formula is C29H34N8O. The van der Waals surface area contributed by atoms with Gasteiger partial charge in [0.1, 0.15) is 11.9 Å². The van der Waals surface area contributed by atoms with Gasteiger partial charge in [0.15, 0.2) is 0 Å². The van der Waals surface area contributed by atoms with Crippen molar-refractivity contribution >= 4 is 28.1 Å². The molecule has 2 N–H and O–H groups in total. The summed E-state index contributed by atoms with van der Waals surface area (Å²) >= 11 is 0. The molecule has 5 fully saturated rings. The quantitative estimate of drug-likeness (QED) is 0.553.